The first-order valence-electron chi connectivity index (χ1n) is 6.28. The van der Waals surface area contributed by atoms with Gasteiger partial charge in [0.05, 0.1) is 5.38 Å². The molecule has 0 amide bonds. The van der Waals surface area contributed by atoms with E-state index in [0.717, 1.165) is 18.8 Å². The third-order valence-corrected chi connectivity index (χ3v) is 4.27. The molecule has 1 unspecified atom stereocenters. The van der Waals surface area contributed by atoms with Gasteiger partial charge in [0.2, 0.25) is 0 Å². The fourth-order valence-corrected chi connectivity index (χ4v) is 2.89. The highest BCUT2D eigenvalue weighted by molar-refractivity contribution is 6.22. The van der Waals surface area contributed by atoms with Crippen LogP contribution in [0.5, 0.6) is 0 Å². The number of hydrogen-bond acceptors (Lipinski definition) is 0. The second-order valence-corrected chi connectivity index (χ2v) is 5.56. The average Bonchev–Trinajstić information content (AvgIpc) is 2.63. The molecule has 16 heavy (non-hydrogen) atoms. The molecule has 0 N–H and O–H groups in total. The minimum atomic E-state index is 0.251. The van der Waals surface area contributed by atoms with Crippen LogP contribution in [0.25, 0.3) is 5.57 Å². The molecule has 0 spiro atoms. The lowest BCUT2D eigenvalue weighted by Crippen LogP contribution is -2.08. The van der Waals surface area contributed by atoms with E-state index in [1.807, 2.05) is 0 Å². The Bertz CT molecular complexity index is 398. The minimum Gasteiger partial charge on any atom is -0.118 e. The van der Waals surface area contributed by atoms with E-state index in [0.29, 0.717) is 0 Å². The van der Waals surface area contributed by atoms with E-state index in [9.17, 15) is 0 Å². The highest BCUT2D eigenvalue weighted by atomic mass is 35.5. The normalized spacial score (nSPS) is 25.3. The van der Waals surface area contributed by atoms with E-state index >= 15 is 0 Å². The zero-order valence-corrected chi connectivity index (χ0v) is 10.2. The Morgan fingerprint density at radius 1 is 1.00 bits per heavy atom. The highest BCUT2D eigenvalue weighted by Gasteiger charge is 2.19. The first kappa shape index (κ1) is 10.4. The molecule has 2 aliphatic carbocycles. The van der Waals surface area contributed by atoms with Crippen molar-refractivity contribution in [2.75, 3.05) is 0 Å². The van der Waals surface area contributed by atoms with Crippen LogP contribution in [0.4, 0.5) is 0 Å². The third kappa shape index (κ3) is 1.91. The first-order valence-corrected chi connectivity index (χ1v) is 6.72. The molecule has 0 nitrogen and oxygen atoms in total. The van der Waals surface area contributed by atoms with Gasteiger partial charge in [-0.25, -0.2) is 0 Å². The monoisotopic (exact) mass is 232 g/mol. The van der Waals surface area contributed by atoms with Crippen molar-refractivity contribution in [3.63, 3.8) is 0 Å². The molecular weight excluding hydrogens is 216 g/mol. The van der Waals surface area contributed by atoms with Gasteiger partial charge in [0.15, 0.2) is 0 Å². The van der Waals surface area contributed by atoms with Crippen LogP contribution in [-0.2, 0) is 0 Å². The fourth-order valence-electron chi connectivity index (χ4n) is 2.63. The van der Waals surface area contributed by atoms with Crippen molar-refractivity contribution >= 4 is 17.2 Å². The maximum atomic E-state index is 6.09. The van der Waals surface area contributed by atoms with Crippen LogP contribution >= 0.6 is 11.6 Å². The Labute approximate surface area is 102 Å². The lowest BCUT2D eigenvalue weighted by Gasteiger charge is -2.25. The Morgan fingerprint density at radius 2 is 1.75 bits per heavy atom. The van der Waals surface area contributed by atoms with Crippen molar-refractivity contribution in [2.45, 2.75) is 43.4 Å². The van der Waals surface area contributed by atoms with Gasteiger partial charge in [-0.1, -0.05) is 36.8 Å². The molecule has 1 saturated carbocycles. The summed E-state index contributed by atoms with van der Waals surface area (Å²) in [6, 6.07) is 9.16. The molecule has 1 heteroatoms. The quantitative estimate of drug-likeness (QED) is 0.647. The summed E-state index contributed by atoms with van der Waals surface area (Å²) >= 11 is 6.09. The summed E-state index contributed by atoms with van der Waals surface area (Å²) in [4.78, 5) is 0. The molecule has 84 valence electrons. The second kappa shape index (κ2) is 4.25. The molecule has 0 saturated heterocycles. The Morgan fingerprint density at radius 3 is 2.25 bits per heavy atom. The summed E-state index contributed by atoms with van der Waals surface area (Å²) in [5.41, 5.74) is 4.32. The molecule has 0 bridgehead atoms. The van der Waals surface area contributed by atoms with Gasteiger partial charge in [-0.3, -0.25) is 0 Å². The number of benzene rings is 1. The van der Waals surface area contributed by atoms with Crippen molar-refractivity contribution in [3.05, 3.63) is 41.5 Å². The Hall–Kier alpha value is -0.750. The van der Waals surface area contributed by atoms with Crippen LogP contribution in [0.3, 0.4) is 0 Å². The van der Waals surface area contributed by atoms with Crippen LogP contribution < -0.4 is 0 Å². The van der Waals surface area contributed by atoms with Crippen molar-refractivity contribution in [2.24, 2.45) is 0 Å². The van der Waals surface area contributed by atoms with Crippen LogP contribution in [-0.4, -0.2) is 5.38 Å². The molecule has 3 rings (SSSR count). The van der Waals surface area contributed by atoms with Crippen LogP contribution in [0.1, 0.15) is 49.1 Å². The molecule has 1 atom stereocenters. The van der Waals surface area contributed by atoms with Crippen LogP contribution in [0, 0.1) is 0 Å². The lowest BCUT2D eigenvalue weighted by atomic mass is 9.80. The largest absolute Gasteiger partial charge is 0.118 e. The van der Waals surface area contributed by atoms with Gasteiger partial charge in [0.1, 0.15) is 0 Å². The molecule has 1 aromatic rings. The topological polar surface area (TPSA) is 0 Å². The highest BCUT2D eigenvalue weighted by Crippen LogP contribution is 2.37. The van der Waals surface area contributed by atoms with E-state index < -0.39 is 0 Å². The summed E-state index contributed by atoms with van der Waals surface area (Å²) in [6.45, 7) is 0. The van der Waals surface area contributed by atoms with Gasteiger partial charge in [-0.2, -0.15) is 0 Å². The van der Waals surface area contributed by atoms with Gasteiger partial charge in [-0.05, 0) is 48.3 Å². The average molecular weight is 233 g/mol. The van der Waals surface area contributed by atoms with E-state index in [1.54, 1.807) is 0 Å². The molecule has 1 aromatic carbocycles. The smallest absolute Gasteiger partial charge is 0.0525 e. The molecule has 0 aromatic heterocycles. The molecule has 0 radical (unpaired) electrons. The lowest BCUT2D eigenvalue weighted by molar-refractivity contribution is 0.420. The van der Waals surface area contributed by atoms with E-state index in [-0.39, 0.29) is 5.38 Å². The zero-order chi connectivity index (χ0) is 11.0. The SMILES string of the molecule is ClC1C=C(c2ccc(C3CCC3)cc2)CC1. The van der Waals surface area contributed by atoms with Crippen LogP contribution in [0.15, 0.2) is 30.3 Å². The summed E-state index contributed by atoms with van der Waals surface area (Å²) in [5.74, 6) is 0.840. The summed E-state index contributed by atoms with van der Waals surface area (Å²) in [6.07, 6.45) is 8.61. The van der Waals surface area contributed by atoms with Crippen molar-refractivity contribution in [1.82, 2.24) is 0 Å². The molecule has 0 aliphatic heterocycles. The number of halogens is 1. The predicted molar refractivity (Wildman–Crippen MR) is 69.9 cm³/mol. The molecular formula is C15H17Cl. The maximum Gasteiger partial charge on any atom is 0.0525 e. The second-order valence-electron chi connectivity index (χ2n) is 5.00. The molecule has 0 heterocycles. The third-order valence-electron chi connectivity index (χ3n) is 3.93. The van der Waals surface area contributed by atoms with E-state index in [4.69, 9.17) is 11.6 Å². The molecule has 2 aliphatic rings. The maximum absolute atomic E-state index is 6.09. The Kier molecular flexibility index (Phi) is 2.77. The number of rotatable bonds is 2. The van der Waals surface area contributed by atoms with E-state index in [1.165, 1.54) is 36.0 Å². The van der Waals surface area contributed by atoms with Gasteiger partial charge < -0.3 is 0 Å². The van der Waals surface area contributed by atoms with Gasteiger partial charge in [-0.15, -0.1) is 11.6 Å². The molecule has 1 fully saturated rings. The van der Waals surface area contributed by atoms with Gasteiger partial charge >= 0.3 is 0 Å². The van der Waals surface area contributed by atoms with Gasteiger partial charge in [0, 0.05) is 0 Å². The summed E-state index contributed by atoms with van der Waals surface area (Å²) in [5, 5.41) is 0.251. The van der Waals surface area contributed by atoms with Crippen molar-refractivity contribution in [1.29, 1.82) is 0 Å². The summed E-state index contributed by atoms with van der Waals surface area (Å²) in [7, 11) is 0. The van der Waals surface area contributed by atoms with Crippen LogP contribution in [0.2, 0.25) is 0 Å². The van der Waals surface area contributed by atoms with Crippen molar-refractivity contribution < 1.29 is 0 Å². The van der Waals surface area contributed by atoms with E-state index in [2.05, 4.69) is 30.3 Å². The number of hydrogen-bond donors (Lipinski definition) is 0. The predicted octanol–water partition coefficient (Wildman–Crippen LogP) is 4.74. The first-order chi connectivity index (χ1) is 7.83. The minimum absolute atomic E-state index is 0.251. The zero-order valence-electron chi connectivity index (χ0n) is 9.45. The standard InChI is InChI=1S/C15H17Cl/c16-15-9-8-14(10-15)13-6-4-12(5-7-13)11-2-1-3-11/h4-7,10-11,15H,1-3,8-9H2. The fraction of sp³-hybridized carbons (Fsp3) is 0.467. The summed E-state index contributed by atoms with van der Waals surface area (Å²) < 4.78 is 0. The Balaban J connectivity index is 1.79. The number of alkyl halides is 1. The van der Waals surface area contributed by atoms with Gasteiger partial charge in [0.25, 0.3) is 0 Å². The van der Waals surface area contributed by atoms with Crippen molar-refractivity contribution in [3.8, 4) is 0 Å². The number of allylic oxidation sites excluding steroid dienone is 2.